The van der Waals surface area contributed by atoms with Crippen molar-refractivity contribution in [2.45, 2.75) is 57.9 Å². The monoisotopic (exact) mass is 215 g/mol. The van der Waals surface area contributed by atoms with Gasteiger partial charge in [-0.25, -0.2) is 0 Å². The van der Waals surface area contributed by atoms with Crippen molar-refractivity contribution in [1.82, 2.24) is 5.32 Å². The number of rotatable bonds is 4. The van der Waals surface area contributed by atoms with Gasteiger partial charge in [-0.15, -0.1) is 0 Å². The fourth-order valence-electron chi connectivity index (χ4n) is 1.76. The van der Waals surface area contributed by atoms with E-state index in [0.717, 1.165) is 19.4 Å². The molecule has 0 radical (unpaired) electrons. The summed E-state index contributed by atoms with van der Waals surface area (Å²) in [7, 11) is 0. The first-order valence-corrected chi connectivity index (χ1v) is 6.17. The zero-order chi connectivity index (χ0) is 10.2. The summed E-state index contributed by atoms with van der Waals surface area (Å²) < 4.78 is 5.41. The van der Waals surface area contributed by atoms with E-state index in [1.165, 1.54) is 32.1 Å². The molecule has 0 unspecified atom stereocenters. The SMILES string of the molecule is CCCCOC(=S)NC1CCCCC1. The second-order valence-corrected chi connectivity index (χ2v) is 4.34. The molecule has 0 saturated heterocycles. The highest BCUT2D eigenvalue weighted by Gasteiger charge is 2.14. The van der Waals surface area contributed by atoms with Crippen molar-refractivity contribution in [3.8, 4) is 0 Å². The third-order valence-electron chi connectivity index (χ3n) is 2.66. The zero-order valence-corrected chi connectivity index (χ0v) is 9.87. The Hall–Kier alpha value is -0.310. The van der Waals surface area contributed by atoms with Crippen LogP contribution in [0.15, 0.2) is 0 Å². The Morgan fingerprint density at radius 3 is 2.71 bits per heavy atom. The van der Waals surface area contributed by atoms with E-state index in [0.29, 0.717) is 11.2 Å². The summed E-state index contributed by atoms with van der Waals surface area (Å²) in [5, 5.41) is 3.89. The molecule has 1 fully saturated rings. The van der Waals surface area contributed by atoms with E-state index in [-0.39, 0.29) is 0 Å². The summed E-state index contributed by atoms with van der Waals surface area (Å²) in [6.07, 6.45) is 8.78. The molecule has 2 nitrogen and oxygen atoms in total. The van der Waals surface area contributed by atoms with Crippen molar-refractivity contribution in [2.24, 2.45) is 0 Å². The molecule has 0 aliphatic heterocycles. The molecule has 1 aliphatic carbocycles. The average Bonchev–Trinajstić information content (AvgIpc) is 2.20. The summed E-state index contributed by atoms with van der Waals surface area (Å²) in [4.78, 5) is 0. The molecule has 0 aromatic rings. The molecule has 1 saturated carbocycles. The molecule has 0 atom stereocenters. The molecule has 1 N–H and O–H groups in total. The number of ether oxygens (including phenoxy) is 1. The van der Waals surface area contributed by atoms with Crippen LogP contribution in [0.4, 0.5) is 0 Å². The van der Waals surface area contributed by atoms with Crippen molar-refractivity contribution >= 4 is 17.4 Å². The van der Waals surface area contributed by atoms with Crippen molar-refractivity contribution in [3.63, 3.8) is 0 Å². The van der Waals surface area contributed by atoms with Crippen molar-refractivity contribution in [3.05, 3.63) is 0 Å². The normalized spacial score (nSPS) is 17.8. The maximum Gasteiger partial charge on any atom is 0.256 e. The van der Waals surface area contributed by atoms with Gasteiger partial charge in [0.05, 0.1) is 6.61 Å². The van der Waals surface area contributed by atoms with Gasteiger partial charge in [-0.3, -0.25) is 0 Å². The van der Waals surface area contributed by atoms with Crippen molar-refractivity contribution < 1.29 is 4.74 Å². The zero-order valence-electron chi connectivity index (χ0n) is 9.05. The molecular formula is C11H21NOS. The van der Waals surface area contributed by atoms with Crippen molar-refractivity contribution in [2.75, 3.05) is 6.61 Å². The van der Waals surface area contributed by atoms with Gasteiger partial charge in [0.2, 0.25) is 0 Å². The lowest BCUT2D eigenvalue weighted by atomic mass is 9.96. The minimum absolute atomic E-state index is 0.567. The standard InChI is InChI=1S/C11H21NOS/c1-2-3-9-13-11(14)12-10-7-5-4-6-8-10/h10H,2-9H2,1H3,(H,12,14). The molecule has 0 bridgehead atoms. The van der Waals surface area contributed by atoms with Gasteiger partial charge in [0, 0.05) is 6.04 Å². The second-order valence-electron chi connectivity index (χ2n) is 3.97. The molecule has 0 aromatic carbocycles. The quantitative estimate of drug-likeness (QED) is 0.575. The molecule has 1 rings (SSSR count). The largest absolute Gasteiger partial charge is 0.471 e. The predicted molar refractivity (Wildman–Crippen MR) is 63.5 cm³/mol. The summed E-state index contributed by atoms with van der Waals surface area (Å²) in [5.74, 6) is 0. The van der Waals surface area contributed by atoms with Gasteiger partial charge in [-0.05, 0) is 31.5 Å². The van der Waals surface area contributed by atoms with E-state index in [1.807, 2.05) is 0 Å². The number of thiocarbonyl (C=S) groups is 1. The van der Waals surface area contributed by atoms with Crippen LogP contribution < -0.4 is 5.32 Å². The minimum Gasteiger partial charge on any atom is -0.471 e. The smallest absolute Gasteiger partial charge is 0.256 e. The Labute approximate surface area is 92.4 Å². The third kappa shape index (κ3) is 4.80. The number of unbranched alkanes of at least 4 members (excludes halogenated alkanes) is 1. The first-order valence-electron chi connectivity index (χ1n) is 5.76. The molecule has 82 valence electrons. The first-order chi connectivity index (χ1) is 6.83. The topological polar surface area (TPSA) is 21.3 Å². The van der Waals surface area contributed by atoms with Crippen LogP contribution >= 0.6 is 12.2 Å². The number of nitrogens with one attached hydrogen (secondary N) is 1. The molecule has 0 heterocycles. The lowest BCUT2D eigenvalue weighted by Crippen LogP contribution is -2.36. The Morgan fingerprint density at radius 2 is 2.07 bits per heavy atom. The maximum absolute atomic E-state index is 5.41. The van der Waals surface area contributed by atoms with Crippen LogP contribution in [-0.4, -0.2) is 17.8 Å². The van der Waals surface area contributed by atoms with E-state index >= 15 is 0 Å². The fraction of sp³-hybridized carbons (Fsp3) is 0.909. The highest BCUT2D eigenvalue weighted by Crippen LogP contribution is 2.17. The summed E-state index contributed by atoms with van der Waals surface area (Å²) in [6, 6.07) is 0.567. The van der Waals surface area contributed by atoms with Gasteiger partial charge in [-0.1, -0.05) is 32.6 Å². The maximum atomic E-state index is 5.41. The lowest BCUT2D eigenvalue weighted by Gasteiger charge is -2.23. The molecule has 3 heteroatoms. The molecule has 0 spiro atoms. The van der Waals surface area contributed by atoms with E-state index in [9.17, 15) is 0 Å². The summed E-state index contributed by atoms with van der Waals surface area (Å²) in [6.45, 7) is 2.91. The first kappa shape index (κ1) is 11.8. The van der Waals surface area contributed by atoms with E-state index in [2.05, 4.69) is 12.2 Å². The second kappa shape index (κ2) is 7.04. The summed E-state index contributed by atoms with van der Waals surface area (Å²) >= 11 is 5.11. The van der Waals surface area contributed by atoms with Crippen LogP contribution in [0.25, 0.3) is 0 Å². The van der Waals surface area contributed by atoms with E-state index < -0.39 is 0 Å². The highest BCUT2D eigenvalue weighted by molar-refractivity contribution is 7.80. The van der Waals surface area contributed by atoms with Gasteiger partial charge < -0.3 is 10.1 Å². The average molecular weight is 215 g/mol. The van der Waals surface area contributed by atoms with Crippen LogP contribution in [0.3, 0.4) is 0 Å². The number of hydrogen-bond donors (Lipinski definition) is 1. The molecular weight excluding hydrogens is 194 g/mol. The fourth-order valence-corrected chi connectivity index (χ4v) is 2.01. The summed E-state index contributed by atoms with van der Waals surface area (Å²) in [5.41, 5.74) is 0. The predicted octanol–water partition coefficient (Wildman–Crippen LogP) is 3.01. The Bertz CT molecular complexity index is 167. The van der Waals surface area contributed by atoms with Gasteiger partial charge in [0.1, 0.15) is 0 Å². The Balaban J connectivity index is 2.06. The molecule has 0 amide bonds. The van der Waals surface area contributed by atoms with Crippen LogP contribution in [0.5, 0.6) is 0 Å². The van der Waals surface area contributed by atoms with Gasteiger partial charge in [0.15, 0.2) is 0 Å². The van der Waals surface area contributed by atoms with E-state index in [1.54, 1.807) is 0 Å². The molecule has 0 aromatic heterocycles. The van der Waals surface area contributed by atoms with Crippen LogP contribution in [0.1, 0.15) is 51.9 Å². The van der Waals surface area contributed by atoms with Crippen LogP contribution in [0.2, 0.25) is 0 Å². The Morgan fingerprint density at radius 1 is 1.36 bits per heavy atom. The molecule has 14 heavy (non-hydrogen) atoms. The van der Waals surface area contributed by atoms with Gasteiger partial charge in [0.25, 0.3) is 5.17 Å². The molecule has 1 aliphatic rings. The highest BCUT2D eigenvalue weighted by atomic mass is 32.1. The Kier molecular flexibility index (Phi) is 5.92. The number of hydrogen-bond acceptors (Lipinski definition) is 2. The van der Waals surface area contributed by atoms with Crippen molar-refractivity contribution in [1.29, 1.82) is 0 Å². The minimum atomic E-state index is 0.567. The van der Waals surface area contributed by atoms with Gasteiger partial charge in [-0.2, -0.15) is 0 Å². The lowest BCUT2D eigenvalue weighted by molar-refractivity contribution is 0.278. The third-order valence-corrected chi connectivity index (χ3v) is 2.89. The van der Waals surface area contributed by atoms with Crippen LogP contribution in [-0.2, 0) is 4.74 Å². The van der Waals surface area contributed by atoms with Crippen LogP contribution in [0, 0.1) is 0 Å². The van der Waals surface area contributed by atoms with E-state index in [4.69, 9.17) is 17.0 Å². The van der Waals surface area contributed by atoms with Gasteiger partial charge >= 0.3 is 0 Å².